The Morgan fingerprint density at radius 2 is 2.00 bits per heavy atom. The van der Waals surface area contributed by atoms with Crippen LogP contribution in [0.2, 0.25) is 0 Å². The van der Waals surface area contributed by atoms with E-state index in [-0.39, 0.29) is 0 Å². The second-order valence-corrected chi connectivity index (χ2v) is 4.08. The molecule has 0 aliphatic carbocycles. The second kappa shape index (κ2) is 4.87. The van der Waals surface area contributed by atoms with Crippen molar-refractivity contribution in [1.82, 2.24) is 4.98 Å². The zero-order valence-electron chi connectivity index (χ0n) is 10.1. The molecule has 17 heavy (non-hydrogen) atoms. The quantitative estimate of drug-likeness (QED) is 0.822. The number of nitrogen functional groups attached to an aromatic ring is 1. The van der Waals surface area contributed by atoms with Gasteiger partial charge in [-0.3, -0.25) is 4.98 Å². The molecule has 3 heteroatoms. The van der Waals surface area contributed by atoms with Crippen molar-refractivity contribution in [2.75, 3.05) is 5.73 Å². The van der Waals surface area contributed by atoms with E-state index in [0.29, 0.717) is 12.3 Å². The van der Waals surface area contributed by atoms with Crippen LogP contribution in [0.4, 0.5) is 5.69 Å². The Morgan fingerprint density at radius 3 is 2.76 bits per heavy atom. The zero-order valence-corrected chi connectivity index (χ0v) is 10.1. The standard InChI is InChI=1S/C14H16N2O/c1-10-4-3-7-16-13(10)9-17-14-8-12(15)6-5-11(14)2/h3-8H,9,15H2,1-2H3. The lowest BCUT2D eigenvalue weighted by atomic mass is 10.2. The topological polar surface area (TPSA) is 48.1 Å². The van der Waals surface area contributed by atoms with Crippen LogP contribution < -0.4 is 10.5 Å². The first kappa shape index (κ1) is 11.5. The van der Waals surface area contributed by atoms with E-state index in [9.17, 15) is 0 Å². The van der Waals surface area contributed by atoms with E-state index < -0.39 is 0 Å². The summed E-state index contributed by atoms with van der Waals surface area (Å²) in [5.74, 6) is 0.815. The van der Waals surface area contributed by atoms with E-state index in [1.54, 1.807) is 6.20 Å². The highest BCUT2D eigenvalue weighted by atomic mass is 16.5. The van der Waals surface area contributed by atoms with Crippen molar-refractivity contribution < 1.29 is 4.74 Å². The van der Waals surface area contributed by atoms with Crippen molar-refractivity contribution in [3.63, 3.8) is 0 Å². The average molecular weight is 228 g/mol. The van der Waals surface area contributed by atoms with E-state index in [1.807, 2.05) is 44.2 Å². The second-order valence-electron chi connectivity index (χ2n) is 4.08. The molecule has 88 valence electrons. The predicted octanol–water partition coefficient (Wildman–Crippen LogP) is 2.86. The number of rotatable bonds is 3. The zero-order chi connectivity index (χ0) is 12.3. The van der Waals surface area contributed by atoms with Crippen LogP contribution in [0.1, 0.15) is 16.8 Å². The van der Waals surface area contributed by atoms with E-state index in [0.717, 1.165) is 22.6 Å². The summed E-state index contributed by atoms with van der Waals surface area (Å²) in [7, 11) is 0. The van der Waals surface area contributed by atoms with Crippen LogP contribution in [-0.2, 0) is 6.61 Å². The van der Waals surface area contributed by atoms with Crippen LogP contribution >= 0.6 is 0 Å². The number of nitrogens with two attached hydrogens (primary N) is 1. The van der Waals surface area contributed by atoms with Gasteiger partial charge in [0.25, 0.3) is 0 Å². The minimum atomic E-state index is 0.469. The molecule has 3 nitrogen and oxygen atoms in total. The summed E-state index contributed by atoms with van der Waals surface area (Å²) < 4.78 is 5.74. The number of nitrogens with zero attached hydrogens (tertiary/aromatic N) is 1. The smallest absolute Gasteiger partial charge is 0.130 e. The lowest BCUT2D eigenvalue weighted by molar-refractivity contribution is 0.298. The number of benzene rings is 1. The molecule has 2 aromatic rings. The summed E-state index contributed by atoms with van der Waals surface area (Å²) >= 11 is 0. The SMILES string of the molecule is Cc1ccc(N)cc1OCc1ncccc1C. The number of aryl methyl sites for hydroxylation is 2. The van der Waals surface area contributed by atoms with Crippen LogP contribution in [0.5, 0.6) is 5.75 Å². The van der Waals surface area contributed by atoms with Crippen LogP contribution in [0.3, 0.4) is 0 Å². The molecule has 0 fully saturated rings. The van der Waals surface area contributed by atoms with Gasteiger partial charge in [0.05, 0.1) is 5.69 Å². The largest absolute Gasteiger partial charge is 0.487 e. The lowest BCUT2D eigenvalue weighted by Crippen LogP contribution is -2.01. The van der Waals surface area contributed by atoms with Gasteiger partial charge in [-0.15, -0.1) is 0 Å². The Balaban J connectivity index is 2.12. The van der Waals surface area contributed by atoms with Gasteiger partial charge in [0.15, 0.2) is 0 Å². The van der Waals surface area contributed by atoms with Crippen LogP contribution in [0.25, 0.3) is 0 Å². The van der Waals surface area contributed by atoms with E-state index >= 15 is 0 Å². The van der Waals surface area contributed by atoms with Crippen molar-refractivity contribution in [3.05, 3.63) is 53.3 Å². The molecule has 0 saturated carbocycles. The summed E-state index contributed by atoms with van der Waals surface area (Å²) in [5, 5.41) is 0. The Kier molecular flexibility index (Phi) is 3.28. The van der Waals surface area contributed by atoms with Gasteiger partial charge in [-0.2, -0.15) is 0 Å². The van der Waals surface area contributed by atoms with Crippen molar-refractivity contribution in [2.45, 2.75) is 20.5 Å². The molecule has 1 aromatic carbocycles. The highest BCUT2D eigenvalue weighted by Crippen LogP contribution is 2.21. The van der Waals surface area contributed by atoms with Crippen molar-refractivity contribution >= 4 is 5.69 Å². The summed E-state index contributed by atoms with van der Waals surface area (Å²) in [6.07, 6.45) is 1.78. The number of hydrogen-bond acceptors (Lipinski definition) is 3. The molecule has 0 unspecified atom stereocenters. The maximum absolute atomic E-state index is 5.74. The minimum Gasteiger partial charge on any atom is -0.487 e. The maximum Gasteiger partial charge on any atom is 0.130 e. The van der Waals surface area contributed by atoms with E-state index in [2.05, 4.69) is 4.98 Å². The van der Waals surface area contributed by atoms with Crippen molar-refractivity contribution in [3.8, 4) is 5.75 Å². The summed E-state index contributed by atoms with van der Waals surface area (Å²) in [6, 6.07) is 9.61. The van der Waals surface area contributed by atoms with Gasteiger partial charge in [-0.05, 0) is 37.1 Å². The van der Waals surface area contributed by atoms with Gasteiger partial charge in [0.1, 0.15) is 12.4 Å². The average Bonchev–Trinajstić information content (AvgIpc) is 2.32. The number of hydrogen-bond donors (Lipinski definition) is 1. The molecule has 0 atom stereocenters. The monoisotopic (exact) mass is 228 g/mol. The molecule has 2 N–H and O–H groups in total. The summed E-state index contributed by atoms with van der Waals surface area (Å²) in [5.41, 5.74) is 9.61. The highest BCUT2D eigenvalue weighted by molar-refractivity contribution is 5.48. The van der Waals surface area contributed by atoms with E-state index in [1.165, 1.54) is 0 Å². The fraction of sp³-hybridized carbons (Fsp3) is 0.214. The number of anilines is 1. The maximum atomic E-state index is 5.74. The molecule has 0 aliphatic heterocycles. The number of pyridine rings is 1. The molecule has 0 amide bonds. The van der Waals surface area contributed by atoms with Crippen molar-refractivity contribution in [2.24, 2.45) is 0 Å². The predicted molar refractivity (Wildman–Crippen MR) is 68.9 cm³/mol. The molecular formula is C14H16N2O. The molecular weight excluding hydrogens is 212 g/mol. The number of ether oxygens (including phenoxy) is 1. The number of aromatic nitrogens is 1. The minimum absolute atomic E-state index is 0.469. The highest BCUT2D eigenvalue weighted by Gasteiger charge is 2.03. The lowest BCUT2D eigenvalue weighted by Gasteiger charge is -2.10. The van der Waals surface area contributed by atoms with Gasteiger partial charge in [-0.1, -0.05) is 12.1 Å². The Bertz CT molecular complexity index is 523. The van der Waals surface area contributed by atoms with Gasteiger partial charge in [0.2, 0.25) is 0 Å². The third-order valence-corrected chi connectivity index (χ3v) is 2.69. The van der Waals surface area contributed by atoms with E-state index in [4.69, 9.17) is 10.5 Å². The molecule has 0 bridgehead atoms. The molecule has 1 aromatic heterocycles. The normalized spacial score (nSPS) is 10.2. The Morgan fingerprint density at radius 1 is 1.18 bits per heavy atom. The Hall–Kier alpha value is -2.03. The van der Waals surface area contributed by atoms with Gasteiger partial charge < -0.3 is 10.5 Å². The molecule has 1 heterocycles. The first-order valence-corrected chi connectivity index (χ1v) is 5.56. The fourth-order valence-corrected chi connectivity index (χ4v) is 1.59. The van der Waals surface area contributed by atoms with Crippen LogP contribution in [0, 0.1) is 13.8 Å². The third kappa shape index (κ3) is 2.75. The van der Waals surface area contributed by atoms with Gasteiger partial charge in [0, 0.05) is 18.0 Å². The summed E-state index contributed by atoms with van der Waals surface area (Å²) in [4.78, 5) is 4.29. The Labute approximate surface area is 101 Å². The summed E-state index contributed by atoms with van der Waals surface area (Å²) in [6.45, 7) is 4.49. The molecule has 2 rings (SSSR count). The van der Waals surface area contributed by atoms with Gasteiger partial charge >= 0.3 is 0 Å². The molecule has 0 aliphatic rings. The van der Waals surface area contributed by atoms with Crippen LogP contribution in [0.15, 0.2) is 36.5 Å². The molecule has 0 saturated heterocycles. The van der Waals surface area contributed by atoms with Crippen LogP contribution in [-0.4, -0.2) is 4.98 Å². The van der Waals surface area contributed by atoms with Crippen molar-refractivity contribution in [1.29, 1.82) is 0 Å². The third-order valence-electron chi connectivity index (χ3n) is 2.69. The molecule has 0 spiro atoms. The van der Waals surface area contributed by atoms with Gasteiger partial charge in [-0.25, -0.2) is 0 Å². The first-order valence-electron chi connectivity index (χ1n) is 5.56. The molecule has 0 radical (unpaired) electrons. The first-order chi connectivity index (χ1) is 8.16. The fourth-order valence-electron chi connectivity index (χ4n) is 1.59.